The van der Waals surface area contributed by atoms with Crippen LogP contribution in [-0.4, -0.2) is 24.3 Å². The Labute approximate surface area is 155 Å². The fourth-order valence-electron chi connectivity index (χ4n) is 2.36. The lowest BCUT2D eigenvalue weighted by Crippen LogP contribution is -2.14. The zero-order chi connectivity index (χ0) is 17.6. The monoisotopic (exact) mass is 370 g/mol. The first-order chi connectivity index (χ1) is 12.2. The zero-order valence-electron chi connectivity index (χ0n) is 14.0. The molecule has 0 aliphatic heterocycles. The van der Waals surface area contributed by atoms with Crippen molar-refractivity contribution >= 4 is 34.1 Å². The smallest absolute Gasteiger partial charge is 0.230 e. The molecular formula is C19H18N2O2S2. The van der Waals surface area contributed by atoms with Crippen molar-refractivity contribution in [2.24, 2.45) is 0 Å². The maximum atomic E-state index is 12.2. The molecule has 0 unspecified atom stereocenters. The van der Waals surface area contributed by atoms with Crippen molar-refractivity contribution in [3.63, 3.8) is 0 Å². The molecule has 0 saturated heterocycles. The molecule has 0 atom stereocenters. The molecule has 6 heteroatoms. The maximum absolute atomic E-state index is 12.2. The molecule has 3 aromatic rings. The van der Waals surface area contributed by atoms with Crippen LogP contribution in [-0.2, 0) is 11.2 Å². The number of hydrogen-bond acceptors (Lipinski definition) is 5. The van der Waals surface area contributed by atoms with Crippen molar-refractivity contribution in [3.8, 4) is 17.0 Å². The second-order valence-electron chi connectivity index (χ2n) is 5.34. The second kappa shape index (κ2) is 8.18. The Morgan fingerprint density at radius 3 is 2.76 bits per heavy atom. The summed E-state index contributed by atoms with van der Waals surface area (Å²) in [7, 11) is 1.61. The molecule has 2 aromatic carbocycles. The lowest BCUT2D eigenvalue weighted by Gasteiger charge is -2.04. The summed E-state index contributed by atoms with van der Waals surface area (Å²) in [6, 6.07) is 15.7. The number of nitrogens with one attached hydrogen (secondary N) is 1. The van der Waals surface area contributed by atoms with Crippen LogP contribution >= 0.6 is 23.1 Å². The van der Waals surface area contributed by atoms with E-state index in [1.54, 1.807) is 18.9 Å². The number of ether oxygens (including phenoxy) is 1. The Kier molecular flexibility index (Phi) is 5.73. The van der Waals surface area contributed by atoms with E-state index in [4.69, 9.17) is 4.74 Å². The normalized spacial score (nSPS) is 10.5. The molecule has 0 radical (unpaired) electrons. The van der Waals surface area contributed by atoms with Gasteiger partial charge in [0.05, 0.1) is 19.2 Å². The Morgan fingerprint density at radius 1 is 1.24 bits per heavy atom. The van der Waals surface area contributed by atoms with Crippen LogP contribution in [0, 0.1) is 0 Å². The number of thiazole rings is 1. The van der Waals surface area contributed by atoms with Gasteiger partial charge in [0, 0.05) is 15.8 Å². The molecular weight excluding hydrogens is 352 g/mol. The summed E-state index contributed by atoms with van der Waals surface area (Å²) in [4.78, 5) is 17.9. The minimum atomic E-state index is -0.0908. The lowest BCUT2D eigenvalue weighted by molar-refractivity contribution is -0.115. The first-order valence-electron chi connectivity index (χ1n) is 7.70. The van der Waals surface area contributed by atoms with E-state index in [9.17, 15) is 4.79 Å². The molecule has 4 nitrogen and oxygen atoms in total. The van der Waals surface area contributed by atoms with Gasteiger partial charge in [-0.1, -0.05) is 24.3 Å². The van der Waals surface area contributed by atoms with E-state index in [1.807, 2.05) is 48.0 Å². The van der Waals surface area contributed by atoms with Gasteiger partial charge in [0.2, 0.25) is 5.91 Å². The third kappa shape index (κ3) is 4.61. The minimum Gasteiger partial charge on any atom is -0.497 e. The van der Waals surface area contributed by atoms with Crippen molar-refractivity contribution in [2.45, 2.75) is 11.3 Å². The average molecular weight is 370 g/mol. The molecule has 0 bridgehead atoms. The van der Waals surface area contributed by atoms with E-state index < -0.39 is 0 Å². The molecule has 3 rings (SSSR count). The molecule has 0 aliphatic carbocycles. The highest BCUT2D eigenvalue weighted by Gasteiger charge is 2.09. The number of hydrogen-bond donors (Lipinski definition) is 1. The van der Waals surface area contributed by atoms with Crippen LogP contribution in [0.1, 0.15) is 5.56 Å². The fraction of sp³-hybridized carbons (Fsp3) is 0.158. The van der Waals surface area contributed by atoms with Crippen LogP contribution in [0.25, 0.3) is 11.3 Å². The van der Waals surface area contributed by atoms with Gasteiger partial charge in [-0.25, -0.2) is 4.98 Å². The maximum Gasteiger partial charge on any atom is 0.230 e. The molecule has 1 aromatic heterocycles. The average Bonchev–Trinajstić information content (AvgIpc) is 3.10. The molecule has 0 aliphatic rings. The lowest BCUT2D eigenvalue weighted by atomic mass is 10.1. The first-order valence-corrected chi connectivity index (χ1v) is 9.81. The van der Waals surface area contributed by atoms with Crippen molar-refractivity contribution < 1.29 is 9.53 Å². The number of aromatic nitrogens is 1. The summed E-state index contributed by atoms with van der Waals surface area (Å²) < 4.78 is 5.18. The number of amides is 1. The quantitative estimate of drug-likeness (QED) is 0.638. The van der Waals surface area contributed by atoms with Crippen LogP contribution < -0.4 is 10.1 Å². The van der Waals surface area contributed by atoms with Crippen molar-refractivity contribution in [2.75, 3.05) is 18.7 Å². The SMILES string of the molecule is COc1cccc(CC(=O)Nc2nc(-c3ccc(SC)cc3)cs2)c1. The van der Waals surface area contributed by atoms with Crippen LogP contribution in [0.15, 0.2) is 58.8 Å². The van der Waals surface area contributed by atoms with Crippen LogP contribution in [0.5, 0.6) is 5.75 Å². The third-order valence-corrected chi connectivity index (χ3v) is 5.14. The summed E-state index contributed by atoms with van der Waals surface area (Å²) in [5, 5.41) is 5.43. The Hall–Kier alpha value is -2.31. The summed E-state index contributed by atoms with van der Waals surface area (Å²) >= 11 is 3.13. The number of thioether (sulfide) groups is 1. The minimum absolute atomic E-state index is 0.0908. The van der Waals surface area contributed by atoms with Gasteiger partial charge in [-0.2, -0.15) is 0 Å². The van der Waals surface area contributed by atoms with Crippen molar-refractivity contribution in [1.82, 2.24) is 4.98 Å². The number of carbonyl (C=O) groups is 1. The molecule has 1 heterocycles. The van der Waals surface area contributed by atoms with Gasteiger partial charge in [0.15, 0.2) is 5.13 Å². The van der Waals surface area contributed by atoms with E-state index >= 15 is 0 Å². The van der Waals surface area contributed by atoms with Gasteiger partial charge in [-0.15, -0.1) is 23.1 Å². The van der Waals surface area contributed by atoms with Gasteiger partial charge in [-0.05, 0) is 36.1 Å². The Balaban J connectivity index is 1.64. The first kappa shape index (κ1) is 17.5. The summed E-state index contributed by atoms with van der Waals surface area (Å²) in [6.07, 6.45) is 2.34. The number of anilines is 1. The molecule has 0 saturated carbocycles. The van der Waals surface area contributed by atoms with Crippen LogP contribution in [0.2, 0.25) is 0 Å². The Bertz CT molecular complexity index is 860. The molecule has 0 fully saturated rings. The molecule has 0 spiro atoms. The van der Waals surface area contributed by atoms with E-state index in [0.29, 0.717) is 5.13 Å². The van der Waals surface area contributed by atoms with Gasteiger partial charge in [0.25, 0.3) is 0 Å². The number of carbonyl (C=O) groups excluding carboxylic acids is 1. The fourth-order valence-corrected chi connectivity index (χ4v) is 3.50. The second-order valence-corrected chi connectivity index (χ2v) is 7.08. The largest absolute Gasteiger partial charge is 0.497 e. The van der Waals surface area contributed by atoms with Gasteiger partial charge >= 0.3 is 0 Å². The third-order valence-electron chi connectivity index (χ3n) is 3.64. The molecule has 25 heavy (non-hydrogen) atoms. The van der Waals surface area contributed by atoms with E-state index in [0.717, 1.165) is 22.6 Å². The van der Waals surface area contributed by atoms with E-state index in [-0.39, 0.29) is 12.3 Å². The van der Waals surface area contributed by atoms with E-state index in [1.165, 1.54) is 16.2 Å². The molecule has 128 valence electrons. The number of nitrogens with zero attached hydrogens (tertiary/aromatic N) is 1. The van der Waals surface area contributed by atoms with E-state index in [2.05, 4.69) is 22.4 Å². The number of rotatable bonds is 6. The molecule has 1 N–H and O–H groups in total. The topological polar surface area (TPSA) is 51.2 Å². The zero-order valence-corrected chi connectivity index (χ0v) is 15.6. The Morgan fingerprint density at radius 2 is 2.04 bits per heavy atom. The predicted molar refractivity (Wildman–Crippen MR) is 105 cm³/mol. The van der Waals surface area contributed by atoms with Crippen molar-refractivity contribution in [1.29, 1.82) is 0 Å². The summed E-state index contributed by atoms with van der Waals surface area (Å²) in [5.41, 5.74) is 2.82. The standard InChI is InChI=1S/C19H18N2O2S2/c1-23-15-5-3-4-13(10-15)11-18(22)21-19-20-17(12-25-19)14-6-8-16(24-2)9-7-14/h3-10,12H,11H2,1-2H3,(H,20,21,22). The molecule has 1 amide bonds. The van der Waals surface area contributed by atoms with Crippen LogP contribution in [0.3, 0.4) is 0 Å². The van der Waals surface area contributed by atoms with Crippen molar-refractivity contribution in [3.05, 3.63) is 59.5 Å². The predicted octanol–water partition coefficient (Wildman–Crippen LogP) is 4.72. The summed E-state index contributed by atoms with van der Waals surface area (Å²) in [6.45, 7) is 0. The highest BCUT2D eigenvalue weighted by molar-refractivity contribution is 7.98. The number of benzene rings is 2. The van der Waals surface area contributed by atoms with Gasteiger partial charge in [0.1, 0.15) is 5.75 Å². The van der Waals surface area contributed by atoms with Gasteiger partial charge < -0.3 is 10.1 Å². The van der Waals surface area contributed by atoms with Crippen LogP contribution in [0.4, 0.5) is 5.13 Å². The summed E-state index contributed by atoms with van der Waals surface area (Å²) in [5.74, 6) is 0.655. The van der Waals surface area contributed by atoms with Gasteiger partial charge in [-0.3, -0.25) is 4.79 Å². The highest BCUT2D eigenvalue weighted by Crippen LogP contribution is 2.26. The number of methoxy groups -OCH3 is 1. The highest BCUT2D eigenvalue weighted by atomic mass is 32.2.